The van der Waals surface area contributed by atoms with Gasteiger partial charge in [-0.1, -0.05) is 6.08 Å². The molecule has 2 fully saturated rings. The number of ether oxygens (including phenoxy) is 3. The van der Waals surface area contributed by atoms with Gasteiger partial charge in [0, 0.05) is 13.0 Å². The number of fused-ring (bicyclic) bond motifs is 1. The molecule has 14 heavy (non-hydrogen) atoms. The minimum Gasteiger partial charge on any atom is -0.379 e. The maximum atomic E-state index is 5.83. The molecule has 0 aromatic carbocycles. The maximum Gasteiger partial charge on any atom is 0.163 e. The van der Waals surface area contributed by atoms with Gasteiger partial charge < -0.3 is 14.2 Å². The summed E-state index contributed by atoms with van der Waals surface area (Å²) in [7, 11) is 1.72. The first kappa shape index (κ1) is 10.1. The molecule has 3 nitrogen and oxygen atoms in total. The van der Waals surface area contributed by atoms with Crippen LogP contribution in [0.1, 0.15) is 20.3 Å². The molecule has 1 aliphatic carbocycles. The lowest BCUT2D eigenvalue weighted by Crippen LogP contribution is -2.29. The fraction of sp³-hybridized carbons (Fsp3) is 0.818. The molecule has 2 rings (SSSR count). The largest absolute Gasteiger partial charge is 0.379 e. The van der Waals surface area contributed by atoms with Crippen LogP contribution < -0.4 is 0 Å². The Hall–Kier alpha value is -0.380. The Balaban J connectivity index is 2.16. The Bertz CT molecular complexity index is 237. The SMILES string of the molecule is C=C[C@H]1C[C@@H](OC)[C@H]2OC(C)(C)O[C@H]21. The molecule has 0 bridgehead atoms. The lowest BCUT2D eigenvalue weighted by Gasteiger charge is -2.21. The number of hydrogen-bond donors (Lipinski definition) is 0. The Kier molecular flexibility index (Phi) is 2.41. The average Bonchev–Trinajstić information content (AvgIpc) is 2.57. The molecule has 1 saturated carbocycles. The van der Waals surface area contributed by atoms with Crippen molar-refractivity contribution in [3.05, 3.63) is 12.7 Å². The highest BCUT2D eigenvalue weighted by Crippen LogP contribution is 2.42. The van der Waals surface area contributed by atoms with Crippen LogP contribution in [0.15, 0.2) is 12.7 Å². The van der Waals surface area contributed by atoms with Crippen LogP contribution in [0.3, 0.4) is 0 Å². The van der Waals surface area contributed by atoms with Crippen molar-refractivity contribution >= 4 is 0 Å². The third-order valence-corrected chi connectivity index (χ3v) is 3.06. The van der Waals surface area contributed by atoms with Crippen molar-refractivity contribution in [3.63, 3.8) is 0 Å². The zero-order chi connectivity index (χ0) is 10.3. The van der Waals surface area contributed by atoms with Crippen molar-refractivity contribution in [3.8, 4) is 0 Å². The Morgan fingerprint density at radius 3 is 2.57 bits per heavy atom. The molecule has 0 N–H and O–H groups in total. The minimum atomic E-state index is -0.478. The number of rotatable bonds is 2. The molecule has 0 radical (unpaired) electrons. The number of methoxy groups -OCH3 is 1. The Morgan fingerprint density at radius 2 is 2.00 bits per heavy atom. The van der Waals surface area contributed by atoms with Gasteiger partial charge in [0.05, 0.1) is 12.2 Å². The van der Waals surface area contributed by atoms with Crippen molar-refractivity contribution < 1.29 is 14.2 Å². The molecule has 0 spiro atoms. The normalized spacial score (nSPS) is 45.1. The second kappa shape index (κ2) is 3.33. The number of hydrogen-bond acceptors (Lipinski definition) is 3. The quantitative estimate of drug-likeness (QED) is 0.632. The Labute approximate surface area is 85.0 Å². The zero-order valence-corrected chi connectivity index (χ0v) is 9.03. The van der Waals surface area contributed by atoms with E-state index in [2.05, 4.69) is 6.58 Å². The van der Waals surface area contributed by atoms with E-state index in [1.54, 1.807) is 7.11 Å². The van der Waals surface area contributed by atoms with Gasteiger partial charge in [0.1, 0.15) is 6.10 Å². The zero-order valence-electron chi connectivity index (χ0n) is 9.03. The van der Waals surface area contributed by atoms with E-state index in [1.807, 2.05) is 19.9 Å². The summed E-state index contributed by atoms with van der Waals surface area (Å²) in [4.78, 5) is 0. The predicted octanol–water partition coefficient (Wildman–Crippen LogP) is 1.73. The summed E-state index contributed by atoms with van der Waals surface area (Å²) in [6.45, 7) is 7.71. The fourth-order valence-electron chi connectivity index (χ4n) is 2.43. The first-order chi connectivity index (χ1) is 6.57. The first-order valence-electron chi connectivity index (χ1n) is 5.08. The average molecular weight is 198 g/mol. The van der Waals surface area contributed by atoms with Crippen LogP contribution in [0, 0.1) is 5.92 Å². The molecule has 3 heteroatoms. The van der Waals surface area contributed by atoms with E-state index in [0.29, 0.717) is 5.92 Å². The van der Waals surface area contributed by atoms with E-state index in [4.69, 9.17) is 14.2 Å². The van der Waals surface area contributed by atoms with E-state index in [9.17, 15) is 0 Å². The summed E-state index contributed by atoms with van der Waals surface area (Å²) in [5, 5.41) is 0. The van der Waals surface area contributed by atoms with Crippen LogP contribution in [0.4, 0.5) is 0 Å². The van der Waals surface area contributed by atoms with Gasteiger partial charge in [-0.2, -0.15) is 0 Å². The third-order valence-electron chi connectivity index (χ3n) is 3.06. The fourth-order valence-corrected chi connectivity index (χ4v) is 2.43. The highest BCUT2D eigenvalue weighted by molar-refractivity contribution is 5.04. The highest BCUT2D eigenvalue weighted by Gasteiger charge is 2.53. The van der Waals surface area contributed by atoms with E-state index in [-0.39, 0.29) is 18.3 Å². The van der Waals surface area contributed by atoms with Crippen LogP contribution in [-0.2, 0) is 14.2 Å². The van der Waals surface area contributed by atoms with Crippen molar-refractivity contribution in [2.45, 2.75) is 44.4 Å². The summed E-state index contributed by atoms with van der Waals surface area (Å²) in [5.41, 5.74) is 0. The molecular weight excluding hydrogens is 180 g/mol. The van der Waals surface area contributed by atoms with Crippen LogP contribution >= 0.6 is 0 Å². The lowest BCUT2D eigenvalue weighted by atomic mass is 10.1. The van der Waals surface area contributed by atoms with Gasteiger partial charge in [-0.3, -0.25) is 0 Å². The molecule has 2 aliphatic rings. The van der Waals surface area contributed by atoms with E-state index in [0.717, 1.165) is 6.42 Å². The van der Waals surface area contributed by atoms with Gasteiger partial charge in [-0.15, -0.1) is 6.58 Å². The highest BCUT2D eigenvalue weighted by atomic mass is 16.8. The van der Waals surface area contributed by atoms with E-state index >= 15 is 0 Å². The second-order valence-corrected chi connectivity index (χ2v) is 4.47. The monoisotopic (exact) mass is 198 g/mol. The van der Waals surface area contributed by atoms with Gasteiger partial charge >= 0.3 is 0 Å². The predicted molar refractivity (Wildman–Crippen MR) is 52.9 cm³/mol. The summed E-state index contributed by atoms with van der Waals surface area (Å²) in [6.07, 6.45) is 3.22. The first-order valence-corrected chi connectivity index (χ1v) is 5.08. The van der Waals surface area contributed by atoms with Crippen molar-refractivity contribution in [1.29, 1.82) is 0 Å². The minimum absolute atomic E-state index is 0.0676. The van der Waals surface area contributed by atoms with E-state index < -0.39 is 5.79 Å². The maximum absolute atomic E-state index is 5.83. The molecule has 80 valence electrons. The Morgan fingerprint density at radius 1 is 1.36 bits per heavy atom. The topological polar surface area (TPSA) is 27.7 Å². The molecule has 1 aliphatic heterocycles. The third kappa shape index (κ3) is 1.49. The second-order valence-electron chi connectivity index (χ2n) is 4.47. The summed E-state index contributed by atoms with van der Waals surface area (Å²) in [5.74, 6) is -0.125. The van der Waals surface area contributed by atoms with Gasteiger partial charge in [0.2, 0.25) is 0 Å². The molecule has 0 unspecified atom stereocenters. The van der Waals surface area contributed by atoms with Gasteiger partial charge in [-0.25, -0.2) is 0 Å². The molecule has 0 aromatic rings. The van der Waals surface area contributed by atoms with Gasteiger partial charge in [-0.05, 0) is 20.3 Å². The van der Waals surface area contributed by atoms with E-state index in [1.165, 1.54) is 0 Å². The van der Waals surface area contributed by atoms with Crippen LogP contribution in [0.25, 0.3) is 0 Å². The van der Waals surface area contributed by atoms with Gasteiger partial charge in [0.15, 0.2) is 5.79 Å². The summed E-state index contributed by atoms with van der Waals surface area (Å²) >= 11 is 0. The molecule has 1 heterocycles. The van der Waals surface area contributed by atoms with Gasteiger partial charge in [0.25, 0.3) is 0 Å². The van der Waals surface area contributed by atoms with Crippen LogP contribution in [-0.4, -0.2) is 31.2 Å². The van der Waals surface area contributed by atoms with Crippen molar-refractivity contribution in [2.24, 2.45) is 5.92 Å². The molecule has 4 atom stereocenters. The summed E-state index contributed by atoms with van der Waals surface area (Å²) < 4.78 is 17.0. The standard InChI is InChI=1S/C11H18O3/c1-5-7-6-8(12-4)10-9(7)13-11(2,3)14-10/h5,7-10H,1,6H2,2-4H3/t7-,8+,9-,10+/m0/s1. The summed E-state index contributed by atoms with van der Waals surface area (Å²) in [6, 6.07) is 0. The lowest BCUT2D eigenvalue weighted by molar-refractivity contribution is -0.167. The van der Waals surface area contributed by atoms with Crippen LogP contribution in [0.5, 0.6) is 0 Å². The molecule has 0 amide bonds. The van der Waals surface area contributed by atoms with Crippen LogP contribution in [0.2, 0.25) is 0 Å². The smallest absolute Gasteiger partial charge is 0.163 e. The molecule has 1 saturated heterocycles. The molecular formula is C11H18O3. The van der Waals surface area contributed by atoms with Crippen molar-refractivity contribution in [1.82, 2.24) is 0 Å². The molecule has 0 aromatic heterocycles. The van der Waals surface area contributed by atoms with Crippen molar-refractivity contribution in [2.75, 3.05) is 7.11 Å².